The first-order chi connectivity index (χ1) is 10.2. The summed E-state index contributed by atoms with van der Waals surface area (Å²) in [6, 6.07) is 7.17. The van der Waals surface area contributed by atoms with Crippen LogP contribution < -0.4 is 5.32 Å². The fraction of sp³-hybridized carbons (Fsp3) is 0.647. The molecule has 0 radical (unpaired) electrons. The van der Waals surface area contributed by atoms with Crippen molar-refractivity contribution < 1.29 is 9.13 Å². The number of ether oxygens (including phenoxy) is 1. The molecule has 0 bridgehead atoms. The summed E-state index contributed by atoms with van der Waals surface area (Å²) in [5, 5.41) is 3.49. The smallest absolute Gasteiger partial charge is 0.128 e. The predicted molar refractivity (Wildman–Crippen MR) is 83.9 cm³/mol. The molecule has 21 heavy (non-hydrogen) atoms. The summed E-state index contributed by atoms with van der Waals surface area (Å²) in [5.74, 6) is -0.113. The van der Waals surface area contributed by atoms with Gasteiger partial charge in [0, 0.05) is 38.3 Å². The monoisotopic (exact) mass is 294 g/mol. The van der Waals surface area contributed by atoms with Crippen molar-refractivity contribution in [1.29, 1.82) is 0 Å². The first-order valence-corrected chi connectivity index (χ1v) is 7.97. The van der Waals surface area contributed by atoms with E-state index in [0.717, 1.165) is 51.0 Å². The van der Waals surface area contributed by atoms with Crippen LogP contribution in [-0.4, -0.2) is 44.3 Å². The molecular weight excluding hydrogens is 267 g/mol. The van der Waals surface area contributed by atoms with Crippen LogP contribution in [0.3, 0.4) is 0 Å². The molecule has 118 valence electrons. The maximum atomic E-state index is 14.1. The predicted octanol–water partition coefficient (Wildman–Crippen LogP) is 2.98. The molecule has 0 aromatic heterocycles. The molecule has 0 amide bonds. The van der Waals surface area contributed by atoms with Gasteiger partial charge in [-0.15, -0.1) is 0 Å². The van der Waals surface area contributed by atoms with Crippen LogP contribution in [0.2, 0.25) is 0 Å². The van der Waals surface area contributed by atoms with Gasteiger partial charge in [-0.2, -0.15) is 0 Å². The molecule has 1 heterocycles. The summed E-state index contributed by atoms with van der Waals surface area (Å²) in [6.07, 6.45) is 3.57. The van der Waals surface area contributed by atoms with E-state index in [0.29, 0.717) is 6.10 Å². The summed E-state index contributed by atoms with van der Waals surface area (Å²) < 4.78 is 19.5. The van der Waals surface area contributed by atoms with Gasteiger partial charge in [-0.1, -0.05) is 25.1 Å². The molecule has 0 aliphatic carbocycles. The van der Waals surface area contributed by atoms with Crippen molar-refractivity contribution >= 4 is 0 Å². The highest BCUT2D eigenvalue weighted by Crippen LogP contribution is 2.21. The van der Waals surface area contributed by atoms with Crippen molar-refractivity contribution in [1.82, 2.24) is 10.2 Å². The molecule has 1 atom stereocenters. The van der Waals surface area contributed by atoms with E-state index < -0.39 is 0 Å². The van der Waals surface area contributed by atoms with Gasteiger partial charge in [-0.05, 0) is 31.9 Å². The molecule has 4 heteroatoms. The lowest BCUT2D eigenvalue weighted by atomic mass is 10.0. The standard InChI is InChI=1S/C17H27FN2O/c1-3-10-19-17(15-6-4-5-7-16(15)18)13-20-11-8-14(21-2)9-12-20/h4-7,14,17,19H,3,8-13H2,1-2H3. The number of likely N-dealkylation sites (tertiary alicyclic amines) is 1. The van der Waals surface area contributed by atoms with Gasteiger partial charge in [-0.25, -0.2) is 4.39 Å². The quantitative estimate of drug-likeness (QED) is 0.837. The number of nitrogens with one attached hydrogen (secondary N) is 1. The van der Waals surface area contributed by atoms with Gasteiger partial charge in [0.2, 0.25) is 0 Å². The van der Waals surface area contributed by atoms with Crippen LogP contribution in [-0.2, 0) is 4.74 Å². The van der Waals surface area contributed by atoms with E-state index in [2.05, 4.69) is 17.1 Å². The van der Waals surface area contributed by atoms with Gasteiger partial charge in [0.25, 0.3) is 0 Å². The molecule has 1 N–H and O–H groups in total. The van der Waals surface area contributed by atoms with Gasteiger partial charge in [0.1, 0.15) is 5.82 Å². The highest BCUT2D eigenvalue weighted by Gasteiger charge is 2.23. The minimum atomic E-state index is -0.113. The first kappa shape index (κ1) is 16.4. The summed E-state index contributed by atoms with van der Waals surface area (Å²) in [5.41, 5.74) is 0.778. The van der Waals surface area contributed by atoms with Crippen molar-refractivity contribution in [3.63, 3.8) is 0 Å². The lowest BCUT2D eigenvalue weighted by molar-refractivity contribution is 0.0382. The van der Waals surface area contributed by atoms with Crippen LogP contribution in [0, 0.1) is 5.82 Å². The number of hydrogen-bond acceptors (Lipinski definition) is 3. The van der Waals surface area contributed by atoms with Gasteiger partial charge in [0.15, 0.2) is 0 Å². The lowest BCUT2D eigenvalue weighted by Gasteiger charge is -2.34. The van der Waals surface area contributed by atoms with Crippen molar-refractivity contribution in [3.05, 3.63) is 35.6 Å². The van der Waals surface area contributed by atoms with E-state index in [4.69, 9.17) is 4.74 Å². The second kappa shape index (κ2) is 8.47. The molecule has 1 aliphatic heterocycles. The highest BCUT2D eigenvalue weighted by atomic mass is 19.1. The van der Waals surface area contributed by atoms with Gasteiger partial charge < -0.3 is 15.0 Å². The number of methoxy groups -OCH3 is 1. The topological polar surface area (TPSA) is 24.5 Å². The lowest BCUT2D eigenvalue weighted by Crippen LogP contribution is -2.42. The van der Waals surface area contributed by atoms with E-state index in [1.54, 1.807) is 19.2 Å². The van der Waals surface area contributed by atoms with Crippen molar-refractivity contribution in [2.75, 3.05) is 33.3 Å². The van der Waals surface area contributed by atoms with Gasteiger partial charge in [-0.3, -0.25) is 0 Å². The molecule has 1 saturated heterocycles. The van der Waals surface area contributed by atoms with Crippen LogP contribution >= 0.6 is 0 Å². The number of rotatable bonds is 7. The van der Waals surface area contributed by atoms with E-state index in [9.17, 15) is 4.39 Å². The summed E-state index contributed by atoms with van der Waals surface area (Å²) in [7, 11) is 1.78. The third kappa shape index (κ3) is 4.77. The van der Waals surface area contributed by atoms with E-state index >= 15 is 0 Å². The molecule has 0 saturated carbocycles. The average molecular weight is 294 g/mol. The highest BCUT2D eigenvalue weighted by molar-refractivity contribution is 5.21. The summed E-state index contributed by atoms with van der Waals surface area (Å²) in [6.45, 7) is 5.95. The van der Waals surface area contributed by atoms with Crippen molar-refractivity contribution in [2.45, 2.75) is 38.3 Å². The van der Waals surface area contributed by atoms with Gasteiger partial charge in [0.05, 0.1) is 6.10 Å². The Morgan fingerprint density at radius 3 is 2.67 bits per heavy atom. The number of hydrogen-bond donors (Lipinski definition) is 1. The third-order valence-corrected chi connectivity index (χ3v) is 4.23. The van der Waals surface area contributed by atoms with Crippen LogP contribution in [0.4, 0.5) is 4.39 Å². The SMILES string of the molecule is CCCNC(CN1CCC(OC)CC1)c1ccccc1F. The molecule has 3 nitrogen and oxygen atoms in total. The summed E-state index contributed by atoms with van der Waals surface area (Å²) in [4.78, 5) is 2.41. The Morgan fingerprint density at radius 2 is 2.05 bits per heavy atom. The molecular formula is C17H27FN2O. The van der Waals surface area contributed by atoms with E-state index in [1.807, 2.05) is 12.1 Å². The van der Waals surface area contributed by atoms with Crippen molar-refractivity contribution in [2.24, 2.45) is 0 Å². The number of piperidine rings is 1. The number of nitrogens with zero attached hydrogens (tertiary/aromatic N) is 1. The molecule has 0 spiro atoms. The Balaban J connectivity index is 1.98. The zero-order chi connectivity index (χ0) is 15.1. The fourth-order valence-electron chi connectivity index (χ4n) is 2.93. The molecule has 1 unspecified atom stereocenters. The number of halogens is 1. The van der Waals surface area contributed by atoms with Crippen LogP contribution in [0.1, 0.15) is 37.8 Å². The molecule has 1 aromatic rings. The van der Waals surface area contributed by atoms with Gasteiger partial charge >= 0.3 is 0 Å². The maximum absolute atomic E-state index is 14.1. The number of benzene rings is 1. The third-order valence-electron chi connectivity index (χ3n) is 4.23. The van der Waals surface area contributed by atoms with Crippen LogP contribution in [0.5, 0.6) is 0 Å². The molecule has 2 rings (SSSR count). The molecule has 1 aromatic carbocycles. The van der Waals surface area contributed by atoms with Crippen molar-refractivity contribution in [3.8, 4) is 0 Å². The Hall–Kier alpha value is -0.970. The fourth-order valence-corrected chi connectivity index (χ4v) is 2.93. The normalized spacial score (nSPS) is 18.8. The Kier molecular flexibility index (Phi) is 6.61. The van der Waals surface area contributed by atoms with E-state index in [-0.39, 0.29) is 11.9 Å². The minimum absolute atomic E-state index is 0.0604. The van der Waals surface area contributed by atoms with E-state index in [1.165, 1.54) is 0 Å². The Morgan fingerprint density at radius 1 is 1.33 bits per heavy atom. The summed E-state index contributed by atoms with van der Waals surface area (Å²) >= 11 is 0. The largest absolute Gasteiger partial charge is 0.381 e. The average Bonchev–Trinajstić information content (AvgIpc) is 2.53. The maximum Gasteiger partial charge on any atom is 0.128 e. The van der Waals surface area contributed by atoms with Crippen LogP contribution in [0.15, 0.2) is 24.3 Å². The second-order valence-corrected chi connectivity index (χ2v) is 5.76. The molecule has 1 fully saturated rings. The van der Waals surface area contributed by atoms with Crippen LogP contribution in [0.25, 0.3) is 0 Å². The zero-order valence-corrected chi connectivity index (χ0v) is 13.1. The minimum Gasteiger partial charge on any atom is -0.381 e. The molecule has 1 aliphatic rings. The first-order valence-electron chi connectivity index (χ1n) is 7.97. The Labute approximate surface area is 127 Å². The zero-order valence-electron chi connectivity index (χ0n) is 13.1. The second-order valence-electron chi connectivity index (χ2n) is 5.76. The Bertz CT molecular complexity index is 419.